The fourth-order valence-corrected chi connectivity index (χ4v) is 7.60. The molecule has 2 aliphatic rings. The van der Waals surface area contributed by atoms with Gasteiger partial charge in [0.2, 0.25) is 5.91 Å². The first kappa shape index (κ1) is 31.2. The molecule has 0 aliphatic carbocycles. The van der Waals surface area contributed by atoms with Gasteiger partial charge in [0.1, 0.15) is 35.4 Å². The van der Waals surface area contributed by atoms with E-state index in [1.165, 1.54) is 41.7 Å². The summed E-state index contributed by atoms with van der Waals surface area (Å²) in [4.78, 5) is 21.9. The number of ether oxygens (including phenoxy) is 2. The standard InChI is InChI=1S/C36H35F2N5O3S/c1-5-31(44)42-18-21(2)43-26(20-42)17-29(40-43)35-33(32-28(38)15-25(37)16-30(32)46-12-11-45-4)36-27(9-13-47-36)34(39-35)23-6-7-24-19-41(3)10-8-22(24)14-23/h5-7,9,13-17,21H,1,8,10-12,18-20H2,2-4H3/t21-/m0/s1. The molecule has 2 aromatic carbocycles. The summed E-state index contributed by atoms with van der Waals surface area (Å²) >= 11 is 1.46. The van der Waals surface area contributed by atoms with Crippen LogP contribution in [0.2, 0.25) is 0 Å². The lowest BCUT2D eigenvalue weighted by atomic mass is 9.93. The molecule has 0 unspecified atom stereocenters. The van der Waals surface area contributed by atoms with Gasteiger partial charge in [0.05, 0.1) is 36.1 Å². The van der Waals surface area contributed by atoms with E-state index in [2.05, 4.69) is 36.7 Å². The number of likely N-dealkylation sites (N-methyl/N-ethyl adjacent to an activating group) is 1. The molecule has 1 amide bonds. The quantitative estimate of drug-likeness (QED) is 0.134. The number of carbonyl (C=O) groups excluding carboxylic acids is 1. The third kappa shape index (κ3) is 5.72. The van der Waals surface area contributed by atoms with Crippen molar-refractivity contribution in [2.24, 2.45) is 0 Å². The molecule has 2 aliphatic heterocycles. The van der Waals surface area contributed by atoms with Crippen molar-refractivity contribution in [1.29, 1.82) is 0 Å². The van der Waals surface area contributed by atoms with Crippen LogP contribution in [0.15, 0.2) is 60.5 Å². The molecule has 0 radical (unpaired) electrons. The maximum Gasteiger partial charge on any atom is 0.246 e. The van der Waals surface area contributed by atoms with E-state index in [9.17, 15) is 9.18 Å². The van der Waals surface area contributed by atoms with Crippen molar-refractivity contribution < 1.29 is 23.0 Å². The Morgan fingerprint density at radius 2 is 1.94 bits per heavy atom. The Morgan fingerprint density at radius 3 is 2.74 bits per heavy atom. The van der Waals surface area contributed by atoms with Crippen LogP contribution < -0.4 is 4.74 Å². The highest BCUT2D eigenvalue weighted by Gasteiger charge is 2.30. The molecule has 0 spiro atoms. The Bertz CT molecular complexity index is 2020. The van der Waals surface area contributed by atoms with Gasteiger partial charge in [0, 0.05) is 60.1 Å². The summed E-state index contributed by atoms with van der Waals surface area (Å²) < 4.78 is 44.5. The molecule has 5 aromatic rings. The normalized spacial score (nSPS) is 16.3. The highest BCUT2D eigenvalue weighted by molar-refractivity contribution is 7.18. The Morgan fingerprint density at radius 1 is 1.09 bits per heavy atom. The van der Waals surface area contributed by atoms with Crippen LogP contribution >= 0.6 is 11.3 Å². The monoisotopic (exact) mass is 655 g/mol. The molecular formula is C36H35F2N5O3S. The summed E-state index contributed by atoms with van der Waals surface area (Å²) in [6.45, 7) is 8.69. The Hall–Kier alpha value is -4.45. The minimum Gasteiger partial charge on any atom is -0.490 e. The lowest BCUT2D eigenvalue weighted by molar-refractivity contribution is -0.127. The van der Waals surface area contributed by atoms with Gasteiger partial charge in [-0.2, -0.15) is 5.10 Å². The van der Waals surface area contributed by atoms with E-state index in [1.54, 1.807) is 4.90 Å². The second-order valence-electron chi connectivity index (χ2n) is 12.2. The Labute approximate surface area is 275 Å². The number of amides is 1. The predicted molar refractivity (Wildman–Crippen MR) is 179 cm³/mol. The zero-order chi connectivity index (χ0) is 32.8. The number of hydrogen-bond donors (Lipinski definition) is 0. The largest absolute Gasteiger partial charge is 0.490 e. The number of fused-ring (bicyclic) bond motifs is 3. The van der Waals surface area contributed by atoms with Gasteiger partial charge < -0.3 is 19.3 Å². The molecule has 8 nitrogen and oxygen atoms in total. The number of halogens is 2. The molecule has 0 N–H and O–H groups in total. The predicted octanol–water partition coefficient (Wildman–Crippen LogP) is 6.87. The van der Waals surface area contributed by atoms with Crippen LogP contribution in [0.5, 0.6) is 5.75 Å². The first-order chi connectivity index (χ1) is 22.7. The van der Waals surface area contributed by atoms with Gasteiger partial charge in [0.25, 0.3) is 0 Å². The topological polar surface area (TPSA) is 72.7 Å². The van der Waals surface area contributed by atoms with Gasteiger partial charge in [-0.15, -0.1) is 11.3 Å². The third-order valence-electron chi connectivity index (χ3n) is 8.90. The van der Waals surface area contributed by atoms with E-state index in [0.717, 1.165) is 52.6 Å². The zero-order valence-corrected chi connectivity index (χ0v) is 27.4. The number of aromatic nitrogens is 3. The molecule has 242 valence electrons. The molecule has 7 rings (SSSR count). The van der Waals surface area contributed by atoms with Crippen molar-refractivity contribution in [3.8, 4) is 39.5 Å². The molecule has 0 saturated carbocycles. The van der Waals surface area contributed by atoms with Crippen molar-refractivity contribution in [2.45, 2.75) is 32.5 Å². The molecule has 0 saturated heterocycles. The van der Waals surface area contributed by atoms with Gasteiger partial charge in [-0.1, -0.05) is 18.7 Å². The minimum atomic E-state index is -0.763. The number of carbonyl (C=O) groups is 1. The smallest absolute Gasteiger partial charge is 0.246 e. The van der Waals surface area contributed by atoms with Gasteiger partial charge in [-0.25, -0.2) is 13.8 Å². The zero-order valence-electron chi connectivity index (χ0n) is 26.6. The van der Waals surface area contributed by atoms with Gasteiger partial charge in [0.15, 0.2) is 0 Å². The van der Waals surface area contributed by atoms with Crippen molar-refractivity contribution in [3.05, 3.63) is 89.0 Å². The molecule has 3 aromatic heterocycles. The maximum atomic E-state index is 16.1. The van der Waals surface area contributed by atoms with E-state index in [0.29, 0.717) is 30.0 Å². The van der Waals surface area contributed by atoms with Crippen LogP contribution in [0.4, 0.5) is 8.78 Å². The fourth-order valence-electron chi connectivity index (χ4n) is 6.65. The van der Waals surface area contributed by atoms with E-state index < -0.39 is 11.6 Å². The second kappa shape index (κ2) is 12.6. The number of thiophene rings is 1. The van der Waals surface area contributed by atoms with Crippen LogP contribution in [0.1, 0.15) is 29.8 Å². The van der Waals surface area contributed by atoms with Crippen molar-refractivity contribution >= 4 is 27.3 Å². The molecule has 0 bridgehead atoms. The number of methoxy groups -OCH3 is 1. The maximum absolute atomic E-state index is 16.1. The summed E-state index contributed by atoms with van der Waals surface area (Å²) in [5.41, 5.74) is 6.68. The van der Waals surface area contributed by atoms with Gasteiger partial charge in [-0.05, 0) is 61.2 Å². The number of pyridine rings is 1. The summed E-state index contributed by atoms with van der Waals surface area (Å²) in [6, 6.07) is 12.3. The summed E-state index contributed by atoms with van der Waals surface area (Å²) in [5, 5.41) is 7.81. The summed E-state index contributed by atoms with van der Waals surface area (Å²) in [5.74, 6) is -1.61. The molecular weight excluding hydrogens is 620 g/mol. The summed E-state index contributed by atoms with van der Waals surface area (Å²) in [7, 11) is 3.66. The Balaban J connectivity index is 1.47. The van der Waals surface area contributed by atoms with E-state index in [1.807, 2.05) is 29.1 Å². The van der Waals surface area contributed by atoms with Crippen molar-refractivity contribution in [3.63, 3.8) is 0 Å². The summed E-state index contributed by atoms with van der Waals surface area (Å²) in [6.07, 6.45) is 2.25. The van der Waals surface area contributed by atoms with Gasteiger partial charge >= 0.3 is 0 Å². The lowest BCUT2D eigenvalue weighted by Gasteiger charge is -2.31. The highest BCUT2D eigenvalue weighted by atomic mass is 32.1. The second-order valence-corrected chi connectivity index (χ2v) is 13.1. The number of hydrogen-bond acceptors (Lipinski definition) is 7. The fraction of sp³-hybridized carbons (Fsp3) is 0.306. The molecule has 5 heterocycles. The number of nitrogens with zero attached hydrogens (tertiary/aromatic N) is 5. The SMILES string of the molecule is C=CC(=O)N1Cc2cc(-c3nc(-c4ccc5c(c4)CCN(C)C5)c4ccsc4c3-c3c(F)cc(F)cc3OCCOC)nn2[C@@H](C)C1. The third-order valence-corrected chi connectivity index (χ3v) is 9.83. The number of benzene rings is 2. The molecule has 1 atom stereocenters. The van der Waals surface area contributed by atoms with Crippen LogP contribution in [0, 0.1) is 11.6 Å². The average molecular weight is 656 g/mol. The molecule has 0 fully saturated rings. The van der Waals surface area contributed by atoms with Crippen LogP contribution in [0.25, 0.3) is 43.9 Å². The first-order valence-corrected chi connectivity index (χ1v) is 16.5. The van der Waals surface area contributed by atoms with E-state index in [4.69, 9.17) is 19.6 Å². The lowest BCUT2D eigenvalue weighted by Crippen LogP contribution is -2.39. The molecule has 11 heteroatoms. The average Bonchev–Trinajstić information content (AvgIpc) is 3.72. The van der Waals surface area contributed by atoms with Crippen LogP contribution in [-0.4, -0.2) is 70.9 Å². The minimum absolute atomic E-state index is 0.0584. The Kier molecular flexibility index (Phi) is 8.37. The number of rotatable bonds is 8. The van der Waals surface area contributed by atoms with E-state index >= 15 is 4.39 Å². The first-order valence-electron chi connectivity index (χ1n) is 15.6. The van der Waals surface area contributed by atoms with E-state index in [-0.39, 0.29) is 36.5 Å². The van der Waals surface area contributed by atoms with Crippen molar-refractivity contribution in [2.75, 3.05) is 40.5 Å². The van der Waals surface area contributed by atoms with Crippen molar-refractivity contribution in [1.82, 2.24) is 24.6 Å². The van der Waals surface area contributed by atoms with Gasteiger partial charge in [-0.3, -0.25) is 9.48 Å². The molecule has 47 heavy (non-hydrogen) atoms. The van der Waals surface area contributed by atoms with Crippen LogP contribution in [-0.2, 0) is 29.0 Å². The van der Waals surface area contributed by atoms with Crippen LogP contribution in [0.3, 0.4) is 0 Å². The highest BCUT2D eigenvalue weighted by Crippen LogP contribution is 2.47.